The molecule has 0 aliphatic rings. The zero-order chi connectivity index (χ0) is 7.11. The highest BCUT2D eigenvalue weighted by Crippen LogP contribution is 1.84. The molecule has 0 aliphatic carbocycles. The fourth-order valence-electron chi connectivity index (χ4n) is 0.760. The van der Waals surface area contributed by atoms with Crippen molar-refractivity contribution in [1.82, 2.24) is 4.90 Å². The van der Waals surface area contributed by atoms with Gasteiger partial charge in [0, 0.05) is 13.2 Å². The molecule has 0 atom stereocenters. The Bertz CT molecular complexity index is 57.0. The van der Waals surface area contributed by atoms with Gasteiger partial charge in [-0.3, -0.25) is 0 Å². The van der Waals surface area contributed by atoms with E-state index >= 15 is 0 Å². The summed E-state index contributed by atoms with van der Waals surface area (Å²) in [6, 6.07) is 0. The highest BCUT2D eigenvalue weighted by molar-refractivity contribution is 5.97. The van der Waals surface area contributed by atoms with Crippen molar-refractivity contribution in [2.24, 2.45) is 0 Å². The number of hydrogen-bond donors (Lipinski definition) is 0. The van der Waals surface area contributed by atoms with Crippen molar-refractivity contribution < 1.29 is 4.43 Å². The highest BCUT2D eigenvalue weighted by atomic mass is 28.2. The van der Waals surface area contributed by atoms with E-state index in [1.165, 1.54) is 0 Å². The number of hydrogen-bond acceptors (Lipinski definition) is 2. The topological polar surface area (TPSA) is 12.5 Å². The summed E-state index contributed by atoms with van der Waals surface area (Å²) in [7, 11) is 0.873. The molecule has 56 valence electrons. The molecule has 0 aromatic rings. The summed E-state index contributed by atoms with van der Waals surface area (Å²) in [5.74, 6) is 0. The van der Waals surface area contributed by atoms with Gasteiger partial charge in [-0.2, -0.15) is 0 Å². The molecule has 9 heavy (non-hydrogen) atoms. The van der Waals surface area contributed by atoms with E-state index in [9.17, 15) is 0 Å². The summed E-state index contributed by atoms with van der Waals surface area (Å²) in [6.07, 6.45) is 0. The smallest absolute Gasteiger partial charge is 0.146 e. The lowest BCUT2D eigenvalue weighted by atomic mass is 10.5. The van der Waals surface area contributed by atoms with Gasteiger partial charge in [0.25, 0.3) is 0 Å². The standard InChI is InChI=1S/C6H17NOSi/c1-3-7(4-2)5-6-8-9/h3-6H2,1-2,9H3. The summed E-state index contributed by atoms with van der Waals surface area (Å²) in [5, 5.41) is 0. The third-order valence-electron chi connectivity index (χ3n) is 1.51. The molecule has 0 aliphatic heterocycles. The molecule has 0 heterocycles. The Morgan fingerprint density at radius 2 is 1.89 bits per heavy atom. The van der Waals surface area contributed by atoms with Crippen LogP contribution in [0.4, 0.5) is 0 Å². The van der Waals surface area contributed by atoms with Crippen LogP contribution in [0.15, 0.2) is 0 Å². The quantitative estimate of drug-likeness (QED) is 0.492. The predicted molar refractivity (Wildman–Crippen MR) is 43.7 cm³/mol. The molecule has 0 fully saturated rings. The third kappa shape index (κ3) is 4.63. The Hall–Kier alpha value is 0.137. The second-order valence-electron chi connectivity index (χ2n) is 2.02. The molecule has 0 saturated heterocycles. The number of rotatable bonds is 5. The molecule has 0 rings (SSSR count). The van der Waals surface area contributed by atoms with Crippen molar-refractivity contribution in [3.8, 4) is 0 Å². The van der Waals surface area contributed by atoms with Gasteiger partial charge in [0.1, 0.15) is 10.5 Å². The lowest BCUT2D eigenvalue weighted by Gasteiger charge is -2.16. The molecule has 0 aromatic carbocycles. The average Bonchev–Trinajstić information content (AvgIpc) is 1.91. The number of likely N-dealkylation sites (N-methyl/N-ethyl adjacent to an activating group) is 1. The van der Waals surface area contributed by atoms with Crippen molar-refractivity contribution in [3.05, 3.63) is 0 Å². The monoisotopic (exact) mass is 147 g/mol. The minimum atomic E-state index is 0.873. The molecule has 0 bridgehead atoms. The van der Waals surface area contributed by atoms with Crippen LogP contribution in [-0.2, 0) is 4.43 Å². The first-order chi connectivity index (χ1) is 4.35. The maximum Gasteiger partial charge on any atom is 0.146 e. The van der Waals surface area contributed by atoms with E-state index in [1.807, 2.05) is 0 Å². The molecule has 0 unspecified atom stereocenters. The predicted octanol–water partition coefficient (Wildman–Crippen LogP) is -0.375. The molecule has 2 nitrogen and oxygen atoms in total. The van der Waals surface area contributed by atoms with Crippen molar-refractivity contribution in [3.63, 3.8) is 0 Å². The van der Waals surface area contributed by atoms with E-state index in [-0.39, 0.29) is 0 Å². The molecule has 0 amide bonds. The summed E-state index contributed by atoms with van der Waals surface area (Å²) in [6.45, 7) is 8.64. The molecule has 0 saturated carbocycles. The summed E-state index contributed by atoms with van der Waals surface area (Å²) >= 11 is 0. The zero-order valence-corrected chi connectivity index (χ0v) is 8.68. The van der Waals surface area contributed by atoms with E-state index in [2.05, 4.69) is 18.7 Å². The largest absolute Gasteiger partial charge is 0.427 e. The van der Waals surface area contributed by atoms with Gasteiger partial charge in [-0.15, -0.1) is 0 Å². The Morgan fingerprint density at radius 1 is 1.33 bits per heavy atom. The maximum atomic E-state index is 5.07. The van der Waals surface area contributed by atoms with E-state index in [0.29, 0.717) is 0 Å². The minimum absolute atomic E-state index is 0.873. The third-order valence-corrected chi connectivity index (χ3v) is 1.91. The molecular formula is C6H17NOSi. The minimum Gasteiger partial charge on any atom is -0.427 e. The molecule has 3 heteroatoms. The molecule has 0 radical (unpaired) electrons. The van der Waals surface area contributed by atoms with Crippen molar-refractivity contribution in [2.75, 3.05) is 26.2 Å². The van der Waals surface area contributed by atoms with Crippen LogP contribution >= 0.6 is 0 Å². The Balaban J connectivity index is 3.09. The first-order valence-corrected chi connectivity index (χ1v) is 4.38. The van der Waals surface area contributed by atoms with Gasteiger partial charge in [0.05, 0.1) is 0 Å². The fraction of sp³-hybridized carbons (Fsp3) is 1.00. The van der Waals surface area contributed by atoms with E-state index in [1.54, 1.807) is 0 Å². The van der Waals surface area contributed by atoms with Crippen LogP contribution in [0, 0.1) is 0 Å². The van der Waals surface area contributed by atoms with Crippen molar-refractivity contribution in [1.29, 1.82) is 0 Å². The summed E-state index contributed by atoms with van der Waals surface area (Å²) < 4.78 is 5.07. The van der Waals surface area contributed by atoms with Crippen LogP contribution in [0.5, 0.6) is 0 Å². The van der Waals surface area contributed by atoms with E-state index in [4.69, 9.17) is 4.43 Å². The van der Waals surface area contributed by atoms with E-state index < -0.39 is 0 Å². The highest BCUT2D eigenvalue weighted by Gasteiger charge is 1.94. The molecule has 0 spiro atoms. The van der Waals surface area contributed by atoms with Crippen molar-refractivity contribution in [2.45, 2.75) is 13.8 Å². The van der Waals surface area contributed by atoms with Gasteiger partial charge in [-0.05, 0) is 13.1 Å². The molecular weight excluding hydrogens is 130 g/mol. The first kappa shape index (κ1) is 9.14. The van der Waals surface area contributed by atoms with Gasteiger partial charge < -0.3 is 9.33 Å². The fourth-order valence-corrected chi connectivity index (χ4v) is 0.943. The van der Waals surface area contributed by atoms with Crippen LogP contribution in [0.3, 0.4) is 0 Å². The summed E-state index contributed by atoms with van der Waals surface area (Å²) in [5.41, 5.74) is 0. The molecule has 0 aromatic heterocycles. The van der Waals surface area contributed by atoms with Gasteiger partial charge in [0.2, 0.25) is 0 Å². The second kappa shape index (κ2) is 6.26. The Morgan fingerprint density at radius 3 is 2.22 bits per heavy atom. The van der Waals surface area contributed by atoms with Gasteiger partial charge in [-0.25, -0.2) is 0 Å². The normalized spacial score (nSPS) is 11.0. The van der Waals surface area contributed by atoms with Gasteiger partial charge in [-0.1, -0.05) is 13.8 Å². The van der Waals surface area contributed by atoms with E-state index in [0.717, 1.165) is 36.7 Å². The van der Waals surface area contributed by atoms with Crippen LogP contribution in [-0.4, -0.2) is 41.6 Å². The van der Waals surface area contributed by atoms with Crippen LogP contribution in [0.25, 0.3) is 0 Å². The van der Waals surface area contributed by atoms with Crippen LogP contribution < -0.4 is 0 Å². The first-order valence-electron chi connectivity index (χ1n) is 3.56. The zero-order valence-electron chi connectivity index (χ0n) is 6.68. The summed E-state index contributed by atoms with van der Waals surface area (Å²) in [4.78, 5) is 2.36. The average molecular weight is 147 g/mol. The van der Waals surface area contributed by atoms with Gasteiger partial charge >= 0.3 is 0 Å². The Labute approximate surface area is 60.7 Å². The SMILES string of the molecule is CCN(CC)CCO[SiH3]. The van der Waals surface area contributed by atoms with Crippen molar-refractivity contribution >= 4 is 10.5 Å². The van der Waals surface area contributed by atoms with Crippen LogP contribution in [0.2, 0.25) is 0 Å². The number of nitrogens with zero attached hydrogens (tertiary/aromatic N) is 1. The Kier molecular flexibility index (Phi) is 6.35. The van der Waals surface area contributed by atoms with Crippen LogP contribution in [0.1, 0.15) is 13.8 Å². The maximum absolute atomic E-state index is 5.07. The lowest BCUT2D eigenvalue weighted by molar-refractivity contribution is 0.233. The second-order valence-corrected chi connectivity index (χ2v) is 2.60. The van der Waals surface area contributed by atoms with Gasteiger partial charge in [0.15, 0.2) is 0 Å². The lowest BCUT2D eigenvalue weighted by Crippen LogP contribution is -2.26. The molecule has 0 N–H and O–H groups in total.